The van der Waals surface area contributed by atoms with Gasteiger partial charge in [-0.3, -0.25) is 9.52 Å². The molecule has 7 heteroatoms. The van der Waals surface area contributed by atoms with Crippen LogP contribution < -0.4 is 9.46 Å². The van der Waals surface area contributed by atoms with E-state index >= 15 is 0 Å². The van der Waals surface area contributed by atoms with Crippen molar-refractivity contribution >= 4 is 21.6 Å². The van der Waals surface area contributed by atoms with Crippen molar-refractivity contribution in [2.75, 3.05) is 24.9 Å². The number of anilines is 1. The minimum Gasteiger partial charge on any atom is -0.497 e. The maximum absolute atomic E-state index is 12.4. The monoisotopic (exact) mass is 346 g/mol. The van der Waals surface area contributed by atoms with E-state index in [-0.39, 0.29) is 10.8 Å². The van der Waals surface area contributed by atoms with Gasteiger partial charge in [0.1, 0.15) is 5.75 Å². The van der Waals surface area contributed by atoms with Crippen LogP contribution in [-0.4, -0.2) is 39.4 Å². The van der Waals surface area contributed by atoms with Gasteiger partial charge in [-0.15, -0.1) is 0 Å². The number of likely N-dealkylation sites (tertiary alicyclic amines) is 1. The summed E-state index contributed by atoms with van der Waals surface area (Å²) in [6.07, 6.45) is 1.02. The highest BCUT2D eigenvalue weighted by atomic mass is 32.2. The number of nitrogens with zero attached hydrogens (tertiary/aromatic N) is 1. The Morgan fingerprint density at radius 2 is 1.67 bits per heavy atom. The van der Waals surface area contributed by atoms with E-state index in [9.17, 15) is 13.2 Å². The molecule has 3 rings (SSSR count). The number of amides is 1. The lowest BCUT2D eigenvalue weighted by Crippen LogP contribution is -2.42. The maximum atomic E-state index is 12.4. The van der Waals surface area contributed by atoms with Crippen molar-refractivity contribution in [2.24, 2.45) is 0 Å². The van der Waals surface area contributed by atoms with E-state index in [0.717, 1.165) is 19.5 Å². The highest BCUT2D eigenvalue weighted by Crippen LogP contribution is 2.20. The van der Waals surface area contributed by atoms with Gasteiger partial charge in [-0.25, -0.2) is 8.42 Å². The van der Waals surface area contributed by atoms with Crippen LogP contribution in [0, 0.1) is 0 Å². The normalized spacial score (nSPS) is 14.0. The molecular formula is C17H18N2O4S. The second-order valence-corrected chi connectivity index (χ2v) is 7.19. The minimum absolute atomic E-state index is 0.0617. The van der Waals surface area contributed by atoms with Crippen LogP contribution in [-0.2, 0) is 10.0 Å². The fraction of sp³-hybridized carbons (Fsp3) is 0.235. The molecule has 0 atom stereocenters. The van der Waals surface area contributed by atoms with Crippen molar-refractivity contribution in [1.82, 2.24) is 4.90 Å². The number of methoxy groups -OCH3 is 1. The second-order valence-electron chi connectivity index (χ2n) is 5.50. The first kappa shape index (κ1) is 16.3. The molecule has 0 radical (unpaired) electrons. The summed E-state index contributed by atoms with van der Waals surface area (Å²) in [5, 5.41) is 0. The number of hydrogen-bond donors (Lipinski definition) is 1. The fourth-order valence-corrected chi connectivity index (χ4v) is 3.41. The van der Waals surface area contributed by atoms with E-state index < -0.39 is 10.0 Å². The van der Waals surface area contributed by atoms with Gasteiger partial charge in [-0.05, 0) is 55.0 Å². The van der Waals surface area contributed by atoms with Crippen LogP contribution in [0.1, 0.15) is 16.8 Å². The van der Waals surface area contributed by atoms with Gasteiger partial charge < -0.3 is 9.64 Å². The lowest BCUT2D eigenvalue weighted by atomic mass is 10.1. The van der Waals surface area contributed by atoms with Crippen LogP contribution in [0.15, 0.2) is 53.4 Å². The fourth-order valence-electron chi connectivity index (χ4n) is 2.35. The molecule has 1 saturated heterocycles. The molecule has 1 aliphatic rings. The van der Waals surface area contributed by atoms with Crippen LogP contribution in [0.3, 0.4) is 0 Å². The molecule has 0 unspecified atom stereocenters. The Morgan fingerprint density at radius 1 is 1.04 bits per heavy atom. The molecule has 1 N–H and O–H groups in total. The average molecular weight is 346 g/mol. The maximum Gasteiger partial charge on any atom is 0.261 e. The smallest absolute Gasteiger partial charge is 0.261 e. The lowest BCUT2D eigenvalue weighted by molar-refractivity contribution is 0.0651. The number of carbonyl (C=O) groups is 1. The number of carbonyl (C=O) groups excluding carboxylic acids is 1. The van der Waals surface area contributed by atoms with Crippen molar-refractivity contribution < 1.29 is 17.9 Å². The molecule has 126 valence electrons. The van der Waals surface area contributed by atoms with E-state index in [1.165, 1.54) is 12.1 Å². The summed E-state index contributed by atoms with van der Waals surface area (Å²) in [4.78, 5) is 13.9. The number of rotatable bonds is 5. The first-order valence-electron chi connectivity index (χ1n) is 7.56. The molecule has 0 aliphatic carbocycles. The standard InChI is InChI=1S/C17H18N2O4S/c1-23-15-7-5-14(6-8-15)18-24(21,22)16-9-3-13(4-10-16)17(20)19-11-2-12-19/h3-10,18H,2,11-12H2,1H3. The van der Waals surface area contributed by atoms with Gasteiger partial charge >= 0.3 is 0 Å². The number of hydrogen-bond acceptors (Lipinski definition) is 4. The first-order chi connectivity index (χ1) is 11.5. The van der Waals surface area contributed by atoms with Crippen LogP contribution >= 0.6 is 0 Å². The number of nitrogens with one attached hydrogen (secondary N) is 1. The summed E-state index contributed by atoms with van der Waals surface area (Å²) in [6.45, 7) is 1.52. The van der Waals surface area contributed by atoms with Gasteiger partial charge in [-0.1, -0.05) is 0 Å². The van der Waals surface area contributed by atoms with E-state index in [2.05, 4.69) is 4.72 Å². The molecular weight excluding hydrogens is 328 g/mol. The third-order valence-corrected chi connectivity index (χ3v) is 5.29. The first-order valence-corrected chi connectivity index (χ1v) is 9.04. The molecule has 1 heterocycles. The molecule has 0 aromatic heterocycles. The predicted octanol–water partition coefficient (Wildman–Crippen LogP) is 2.34. The predicted molar refractivity (Wildman–Crippen MR) is 90.8 cm³/mol. The zero-order chi connectivity index (χ0) is 17.2. The quantitative estimate of drug-likeness (QED) is 0.902. The van der Waals surface area contributed by atoms with E-state index in [4.69, 9.17) is 4.74 Å². The Bertz CT molecular complexity index is 826. The van der Waals surface area contributed by atoms with Gasteiger partial charge in [-0.2, -0.15) is 0 Å². The molecule has 0 bridgehead atoms. The lowest BCUT2D eigenvalue weighted by Gasteiger charge is -2.30. The van der Waals surface area contributed by atoms with Crippen LogP contribution in [0.4, 0.5) is 5.69 Å². The molecule has 6 nitrogen and oxygen atoms in total. The summed E-state index contributed by atoms with van der Waals surface area (Å²) in [5.41, 5.74) is 0.939. The number of ether oxygens (including phenoxy) is 1. The van der Waals surface area contributed by atoms with E-state index in [1.54, 1.807) is 48.4 Å². The molecule has 1 aliphatic heterocycles. The largest absolute Gasteiger partial charge is 0.497 e. The van der Waals surface area contributed by atoms with E-state index in [1.807, 2.05) is 0 Å². The Balaban J connectivity index is 1.75. The topological polar surface area (TPSA) is 75.7 Å². The van der Waals surface area contributed by atoms with Crippen molar-refractivity contribution in [3.05, 3.63) is 54.1 Å². The highest BCUT2D eigenvalue weighted by Gasteiger charge is 2.22. The summed E-state index contributed by atoms with van der Waals surface area (Å²) in [7, 11) is -2.16. The van der Waals surface area contributed by atoms with Crippen LogP contribution in [0.5, 0.6) is 5.75 Å². The van der Waals surface area contributed by atoms with Gasteiger partial charge in [0.15, 0.2) is 0 Å². The third kappa shape index (κ3) is 3.35. The summed E-state index contributed by atoms with van der Waals surface area (Å²) in [5.74, 6) is 0.583. The summed E-state index contributed by atoms with van der Waals surface area (Å²) < 4.78 is 32.3. The van der Waals surface area contributed by atoms with Gasteiger partial charge in [0, 0.05) is 24.3 Å². The van der Waals surface area contributed by atoms with Crippen molar-refractivity contribution in [3.8, 4) is 5.75 Å². The molecule has 2 aromatic carbocycles. The zero-order valence-electron chi connectivity index (χ0n) is 13.2. The average Bonchev–Trinajstić information content (AvgIpc) is 2.54. The van der Waals surface area contributed by atoms with Gasteiger partial charge in [0.2, 0.25) is 0 Å². The Hall–Kier alpha value is -2.54. The minimum atomic E-state index is -3.70. The third-order valence-electron chi connectivity index (χ3n) is 3.90. The Morgan fingerprint density at radius 3 is 2.17 bits per heavy atom. The van der Waals surface area contributed by atoms with E-state index in [0.29, 0.717) is 17.0 Å². The van der Waals surface area contributed by atoms with Crippen molar-refractivity contribution in [1.29, 1.82) is 0 Å². The zero-order valence-corrected chi connectivity index (χ0v) is 14.0. The molecule has 1 fully saturated rings. The van der Waals surface area contributed by atoms with Gasteiger partial charge in [0.05, 0.1) is 12.0 Å². The Kier molecular flexibility index (Phi) is 4.44. The van der Waals surface area contributed by atoms with Crippen LogP contribution in [0.2, 0.25) is 0 Å². The Labute approximate surface area is 141 Å². The van der Waals surface area contributed by atoms with Crippen molar-refractivity contribution in [2.45, 2.75) is 11.3 Å². The number of sulfonamides is 1. The summed E-state index contributed by atoms with van der Waals surface area (Å²) >= 11 is 0. The molecule has 1 amide bonds. The molecule has 0 saturated carbocycles. The summed E-state index contributed by atoms with van der Waals surface area (Å²) in [6, 6.07) is 12.6. The number of benzene rings is 2. The van der Waals surface area contributed by atoms with Crippen LogP contribution in [0.25, 0.3) is 0 Å². The highest BCUT2D eigenvalue weighted by molar-refractivity contribution is 7.92. The molecule has 2 aromatic rings. The molecule has 24 heavy (non-hydrogen) atoms. The van der Waals surface area contributed by atoms with Crippen molar-refractivity contribution in [3.63, 3.8) is 0 Å². The van der Waals surface area contributed by atoms with Gasteiger partial charge in [0.25, 0.3) is 15.9 Å². The second kappa shape index (κ2) is 6.52. The molecule has 0 spiro atoms. The SMILES string of the molecule is COc1ccc(NS(=O)(=O)c2ccc(C(=O)N3CCC3)cc2)cc1.